The van der Waals surface area contributed by atoms with Gasteiger partial charge in [-0.1, -0.05) is 0 Å². The van der Waals surface area contributed by atoms with Crippen molar-refractivity contribution >= 4 is 11.6 Å². The van der Waals surface area contributed by atoms with Gasteiger partial charge in [0.1, 0.15) is 11.3 Å². The van der Waals surface area contributed by atoms with Crippen molar-refractivity contribution in [3.8, 4) is 28.6 Å². The average molecular weight is 367 g/mol. The molecule has 138 valence electrons. The van der Waals surface area contributed by atoms with Gasteiger partial charge in [-0.25, -0.2) is 9.97 Å². The van der Waals surface area contributed by atoms with E-state index in [1.807, 2.05) is 0 Å². The number of ether oxygens (including phenoxy) is 3. The molecule has 0 saturated heterocycles. The zero-order chi connectivity index (χ0) is 19.0. The highest BCUT2D eigenvalue weighted by molar-refractivity contribution is 6.11. The largest absolute Gasteiger partial charge is 0.496 e. The van der Waals surface area contributed by atoms with Crippen LogP contribution in [0, 0.1) is 0 Å². The molecule has 4 heterocycles. The highest BCUT2D eigenvalue weighted by Crippen LogP contribution is 2.36. The lowest BCUT2D eigenvalue weighted by atomic mass is 10.1. The van der Waals surface area contributed by atoms with Gasteiger partial charge in [0.2, 0.25) is 0 Å². The molecule has 0 aliphatic carbocycles. The zero-order valence-electron chi connectivity index (χ0n) is 15.0. The van der Waals surface area contributed by atoms with Crippen LogP contribution in [0.5, 0.6) is 17.4 Å². The van der Waals surface area contributed by atoms with Gasteiger partial charge < -0.3 is 14.2 Å². The lowest BCUT2D eigenvalue weighted by molar-refractivity contribution is 0.0994. The summed E-state index contributed by atoms with van der Waals surface area (Å²) < 4.78 is 16.0. The first kappa shape index (κ1) is 16.8. The summed E-state index contributed by atoms with van der Waals surface area (Å²) in [6.07, 6.45) is 4.89. The predicted molar refractivity (Wildman–Crippen MR) is 96.2 cm³/mol. The second kappa shape index (κ2) is 6.60. The standard InChI is InChI=1S/C18H17N5O4/c1-25-14-5-12(10-4-15(26-2)17(27-3)19-6-10)22-13-9-23(18(24)16(13)14)11-7-20-21-8-11/h4-8H,9H2,1-3H3,(H,20,21). The zero-order valence-corrected chi connectivity index (χ0v) is 15.0. The Morgan fingerprint density at radius 3 is 2.56 bits per heavy atom. The number of aromatic amines is 1. The van der Waals surface area contributed by atoms with E-state index in [-0.39, 0.29) is 5.91 Å². The molecule has 27 heavy (non-hydrogen) atoms. The fourth-order valence-electron chi connectivity index (χ4n) is 3.05. The molecular formula is C18H17N5O4. The minimum atomic E-state index is -0.173. The number of rotatable bonds is 5. The van der Waals surface area contributed by atoms with Gasteiger partial charge >= 0.3 is 0 Å². The van der Waals surface area contributed by atoms with Crippen molar-refractivity contribution in [2.75, 3.05) is 26.2 Å². The van der Waals surface area contributed by atoms with Crippen LogP contribution in [0.3, 0.4) is 0 Å². The molecule has 0 atom stereocenters. The van der Waals surface area contributed by atoms with Gasteiger partial charge in [0.25, 0.3) is 11.8 Å². The van der Waals surface area contributed by atoms with Crippen molar-refractivity contribution in [3.05, 3.63) is 42.0 Å². The van der Waals surface area contributed by atoms with E-state index in [0.717, 1.165) is 5.56 Å². The Kier molecular flexibility index (Phi) is 4.11. The van der Waals surface area contributed by atoms with Crippen LogP contribution >= 0.6 is 0 Å². The Bertz CT molecular complexity index is 1000. The molecule has 0 radical (unpaired) electrons. The minimum Gasteiger partial charge on any atom is -0.496 e. The molecule has 0 fully saturated rings. The summed E-state index contributed by atoms with van der Waals surface area (Å²) in [6.45, 7) is 0.332. The van der Waals surface area contributed by atoms with Gasteiger partial charge in [0.05, 0.1) is 51.1 Å². The first-order valence-electron chi connectivity index (χ1n) is 8.13. The van der Waals surface area contributed by atoms with Gasteiger partial charge in [-0.05, 0) is 6.07 Å². The Labute approximate surface area is 154 Å². The third-order valence-electron chi connectivity index (χ3n) is 4.37. The number of pyridine rings is 2. The number of H-pyrrole nitrogens is 1. The fourth-order valence-corrected chi connectivity index (χ4v) is 3.05. The maximum atomic E-state index is 12.8. The second-order valence-corrected chi connectivity index (χ2v) is 5.81. The third kappa shape index (κ3) is 2.73. The number of carbonyl (C=O) groups is 1. The first-order valence-corrected chi connectivity index (χ1v) is 8.13. The molecule has 9 nitrogen and oxygen atoms in total. The van der Waals surface area contributed by atoms with Gasteiger partial charge in [-0.15, -0.1) is 0 Å². The monoisotopic (exact) mass is 367 g/mol. The Morgan fingerprint density at radius 2 is 1.89 bits per heavy atom. The Morgan fingerprint density at radius 1 is 1.07 bits per heavy atom. The van der Waals surface area contributed by atoms with E-state index in [9.17, 15) is 4.79 Å². The summed E-state index contributed by atoms with van der Waals surface area (Å²) in [5.74, 6) is 1.16. The molecular weight excluding hydrogens is 350 g/mol. The molecule has 3 aromatic heterocycles. The van der Waals surface area contributed by atoms with Crippen LogP contribution in [0.15, 0.2) is 30.7 Å². The number of hydrogen-bond donors (Lipinski definition) is 1. The second-order valence-electron chi connectivity index (χ2n) is 5.81. The number of anilines is 1. The van der Waals surface area contributed by atoms with Crippen LogP contribution in [0.2, 0.25) is 0 Å². The molecule has 0 bridgehead atoms. The molecule has 9 heteroatoms. The van der Waals surface area contributed by atoms with Crippen LogP contribution in [-0.4, -0.2) is 47.4 Å². The van der Waals surface area contributed by atoms with E-state index in [1.165, 1.54) is 14.2 Å². The molecule has 0 saturated carbocycles. The fraction of sp³-hybridized carbons (Fsp3) is 0.222. The predicted octanol–water partition coefficient (Wildman–Crippen LogP) is 2.05. The van der Waals surface area contributed by atoms with E-state index < -0.39 is 0 Å². The van der Waals surface area contributed by atoms with Gasteiger partial charge in [-0.2, -0.15) is 5.10 Å². The van der Waals surface area contributed by atoms with Crippen molar-refractivity contribution in [1.29, 1.82) is 0 Å². The van der Waals surface area contributed by atoms with Crippen molar-refractivity contribution in [1.82, 2.24) is 20.2 Å². The number of nitrogens with zero attached hydrogens (tertiary/aromatic N) is 4. The minimum absolute atomic E-state index is 0.173. The number of amides is 1. The molecule has 0 unspecified atom stereocenters. The quantitative estimate of drug-likeness (QED) is 0.736. The molecule has 1 N–H and O–H groups in total. The lowest BCUT2D eigenvalue weighted by Crippen LogP contribution is -2.22. The van der Waals surface area contributed by atoms with Crippen molar-refractivity contribution in [2.45, 2.75) is 6.54 Å². The van der Waals surface area contributed by atoms with Gasteiger partial charge in [0, 0.05) is 24.0 Å². The van der Waals surface area contributed by atoms with Crippen molar-refractivity contribution in [3.63, 3.8) is 0 Å². The van der Waals surface area contributed by atoms with Gasteiger partial charge in [-0.3, -0.25) is 14.8 Å². The lowest BCUT2D eigenvalue weighted by Gasteiger charge is -2.11. The SMILES string of the molecule is COc1cc(-c2cc(OC)c3c(n2)CN(c2cn[nH]c2)C3=O)cnc1OC. The summed E-state index contributed by atoms with van der Waals surface area (Å²) in [5.41, 5.74) is 3.11. The van der Waals surface area contributed by atoms with Crippen molar-refractivity contribution in [2.24, 2.45) is 0 Å². The summed E-state index contributed by atoms with van der Waals surface area (Å²) in [5, 5.41) is 6.62. The summed E-state index contributed by atoms with van der Waals surface area (Å²) in [7, 11) is 4.60. The number of aromatic nitrogens is 4. The normalized spacial score (nSPS) is 12.9. The highest BCUT2D eigenvalue weighted by Gasteiger charge is 2.34. The maximum Gasteiger partial charge on any atom is 0.264 e. The van der Waals surface area contributed by atoms with Crippen LogP contribution in [0.1, 0.15) is 16.1 Å². The maximum absolute atomic E-state index is 12.8. The van der Waals surface area contributed by atoms with E-state index in [1.54, 1.807) is 42.7 Å². The number of nitrogens with one attached hydrogen (secondary N) is 1. The molecule has 0 aromatic carbocycles. The third-order valence-corrected chi connectivity index (χ3v) is 4.37. The summed E-state index contributed by atoms with van der Waals surface area (Å²) in [4.78, 5) is 23.3. The summed E-state index contributed by atoms with van der Waals surface area (Å²) >= 11 is 0. The molecule has 4 rings (SSSR count). The van der Waals surface area contributed by atoms with Crippen LogP contribution < -0.4 is 19.1 Å². The average Bonchev–Trinajstić information content (AvgIpc) is 3.34. The molecule has 1 aliphatic rings. The number of fused-ring (bicyclic) bond motifs is 1. The van der Waals surface area contributed by atoms with Gasteiger partial charge in [0.15, 0.2) is 5.75 Å². The van der Waals surface area contributed by atoms with E-state index in [4.69, 9.17) is 14.2 Å². The Balaban J connectivity index is 1.79. The topological polar surface area (TPSA) is 102 Å². The van der Waals surface area contributed by atoms with Crippen LogP contribution in [-0.2, 0) is 6.54 Å². The molecule has 0 spiro atoms. The number of methoxy groups -OCH3 is 3. The number of carbonyl (C=O) groups excluding carboxylic acids is 1. The smallest absolute Gasteiger partial charge is 0.264 e. The van der Waals surface area contributed by atoms with Crippen LogP contribution in [0.4, 0.5) is 5.69 Å². The molecule has 1 aliphatic heterocycles. The van der Waals surface area contributed by atoms with Crippen molar-refractivity contribution < 1.29 is 19.0 Å². The number of hydrogen-bond acceptors (Lipinski definition) is 7. The summed E-state index contributed by atoms with van der Waals surface area (Å²) in [6, 6.07) is 3.50. The van der Waals surface area contributed by atoms with Crippen LogP contribution in [0.25, 0.3) is 11.3 Å². The molecule has 1 amide bonds. The van der Waals surface area contributed by atoms with E-state index in [0.29, 0.717) is 46.6 Å². The van der Waals surface area contributed by atoms with E-state index >= 15 is 0 Å². The van der Waals surface area contributed by atoms with E-state index in [2.05, 4.69) is 20.2 Å². The molecule has 3 aromatic rings. The highest BCUT2D eigenvalue weighted by atomic mass is 16.5. The Hall–Kier alpha value is -3.62. The first-order chi connectivity index (χ1) is 13.2.